The van der Waals surface area contributed by atoms with E-state index in [2.05, 4.69) is 4.72 Å². The van der Waals surface area contributed by atoms with Crippen molar-refractivity contribution in [3.8, 4) is 0 Å². The van der Waals surface area contributed by atoms with E-state index in [1.807, 2.05) is 0 Å². The topological polar surface area (TPSA) is 101 Å². The first-order valence-electron chi connectivity index (χ1n) is 8.34. The minimum atomic E-state index is -3.87. The summed E-state index contributed by atoms with van der Waals surface area (Å²) in [5, 5.41) is 0. The van der Waals surface area contributed by atoms with Gasteiger partial charge in [-0.05, 0) is 55.8 Å². The molecule has 0 radical (unpaired) electrons. The largest absolute Gasteiger partial charge is 0.273 e. The van der Waals surface area contributed by atoms with Gasteiger partial charge in [-0.2, -0.15) is 0 Å². The molecule has 0 saturated carbocycles. The third-order valence-corrected chi connectivity index (χ3v) is 7.78. The Hall–Kier alpha value is -2.30. The molecule has 1 fully saturated rings. The monoisotopic (exact) mass is 426 g/mol. The SMILES string of the molecule is CC1(C)CS(=O)(=O)N(c2ccc(S(=O)(=O)NCc3ccc(F)cc3)cc2)C1=O. The van der Waals surface area contributed by atoms with Crippen LogP contribution in [0, 0.1) is 11.2 Å². The Morgan fingerprint density at radius 1 is 1.07 bits per heavy atom. The Balaban J connectivity index is 1.80. The maximum absolute atomic E-state index is 12.9. The highest BCUT2D eigenvalue weighted by Crippen LogP contribution is 2.35. The molecule has 1 amide bonds. The molecular weight excluding hydrogens is 407 g/mol. The van der Waals surface area contributed by atoms with E-state index in [4.69, 9.17) is 0 Å². The predicted octanol–water partition coefficient (Wildman–Crippen LogP) is 2.01. The van der Waals surface area contributed by atoms with Gasteiger partial charge in [-0.15, -0.1) is 0 Å². The minimum absolute atomic E-state index is 0.0302. The van der Waals surface area contributed by atoms with Gasteiger partial charge in [-0.3, -0.25) is 4.79 Å². The molecule has 7 nitrogen and oxygen atoms in total. The molecule has 0 spiro atoms. The smallest absolute Gasteiger partial charge is 0.247 e. The van der Waals surface area contributed by atoms with E-state index in [9.17, 15) is 26.0 Å². The molecule has 0 bridgehead atoms. The zero-order valence-electron chi connectivity index (χ0n) is 15.2. The van der Waals surface area contributed by atoms with Crippen LogP contribution in [0.15, 0.2) is 53.4 Å². The third kappa shape index (κ3) is 3.94. The summed E-state index contributed by atoms with van der Waals surface area (Å²) in [6.07, 6.45) is 0. The summed E-state index contributed by atoms with van der Waals surface area (Å²) in [5.74, 6) is -1.28. The van der Waals surface area contributed by atoms with Gasteiger partial charge in [-0.25, -0.2) is 30.3 Å². The van der Waals surface area contributed by atoms with Crippen molar-refractivity contribution in [3.05, 3.63) is 59.9 Å². The van der Waals surface area contributed by atoms with E-state index in [0.717, 1.165) is 4.31 Å². The molecular formula is C18H19FN2O5S2. The molecule has 1 N–H and O–H groups in total. The lowest BCUT2D eigenvalue weighted by atomic mass is 9.95. The summed E-state index contributed by atoms with van der Waals surface area (Å²) >= 11 is 0. The maximum Gasteiger partial charge on any atom is 0.247 e. The summed E-state index contributed by atoms with van der Waals surface area (Å²) < 4.78 is 65.5. The Bertz CT molecular complexity index is 1110. The minimum Gasteiger partial charge on any atom is -0.273 e. The van der Waals surface area contributed by atoms with Crippen LogP contribution in [-0.2, 0) is 31.4 Å². The number of carbonyl (C=O) groups is 1. The highest BCUT2D eigenvalue weighted by Gasteiger charge is 2.49. The summed E-state index contributed by atoms with van der Waals surface area (Å²) in [6, 6.07) is 10.4. The molecule has 28 heavy (non-hydrogen) atoms. The molecule has 1 aliphatic heterocycles. The van der Waals surface area contributed by atoms with Crippen molar-refractivity contribution in [2.45, 2.75) is 25.3 Å². The van der Waals surface area contributed by atoms with Crippen LogP contribution in [-0.4, -0.2) is 28.5 Å². The van der Waals surface area contributed by atoms with Crippen LogP contribution in [0.1, 0.15) is 19.4 Å². The van der Waals surface area contributed by atoms with Gasteiger partial charge in [0.05, 0.1) is 21.8 Å². The van der Waals surface area contributed by atoms with Crippen LogP contribution in [0.3, 0.4) is 0 Å². The highest BCUT2D eigenvalue weighted by molar-refractivity contribution is 7.94. The van der Waals surface area contributed by atoms with Gasteiger partial charge < -0.3 is 0 Å². The van der Waals surface area contributed by atoms with Gasteiger partial charge in [0, 0.05) is 6.54 Å². The van der Waals surface area contributed by atoms with Crippen LogP contribution >= 0.6 is 0 Å². The van der Waals surface area contributed by atoms with Gasteiger partial charge in [0.25, 0.3) is 0 Å². The lowest BCUT2D eigenvalue weighted by Gasteiger charge is -2.17. The first kappa shape index (κ1) is 20.4. The van der Waals surface area contributed by atoms with E-state index in [1.165, 1.54) is 48.5 Å². The molecule has 1 saturated heterocycles. The molecule has 1 aliphatic rings. The van der Waals surface area contributed by atoms with Gasteiger partial charge in [0.15, 0.2) is 0 Å². The lowest BCUT2D eigenvalue weighted by molar-refractivity contribution is -0.123. The zero-order chi connectivity index (χ0) is 20.7. The number of nitrogens with one attached hydrogen (secondary N) is 1. The van der Waals surface area contributed by atoms with Crippen molar-refractivity contribution in [1.29, 1.82) is 0 Å². The number of anilines is 1. The predicted molar refractivity (Wildman–Crippen MR) is 102 cm³/mol. The maximum atomic E-state index is 12.9. The van der Waals surface area contributed by atoms with Crippen LogP contribution in [0.2, 0.25) is 0 Å². The van der Waals surface area contributed by atoms with Crippen molar-refractivity contribution in [3.63, 3.8) is 0 Å². The Morgan fingerprint density at radius 3 is 2.14 bits per heavy atom. The van der Waals surface area contributed by atoms with Crippen molar-refractivity contribution >= 4 is 31.6 Å². The number of sulfonamides is 2. The van der Waals surface area contributed by atoms with E-state index in [1.54, 1.807) is 13.8 Å². The number of rotatable bonds is 5. The van der Waals surface area contributed by atoms with Crippen molar-refractivity contribution in [2.24, 2.45) is 5.41 Å². The number of benzene rings is 2. The fourth-order valence-corrected chi connectivity index (χ4v) is 6.01. The van der Waals surface area contributed by atoms with E-state index < -0.39 is 37.2 Å². The summed E-state index contributed by atoms with van der Waals surface area (Å²) in [6.45, 7) is 3.06. The van der Waals surface area contributed by atoms with Gasteiger partial charge in [0.2, 0.25) is 26.0 Å². The standard InChI is InChI=1S/C18H19FN2O5S2/c1-18(2)12-27(23,24)21(17(18)22)15-7-9-16(10-8-15)28(25,26)20-11-13-3-5-14(19)6-4-13/h3-10,20H,11-12H2,1-2H3. The number of halogens is 1. The molecule has 2 aromatic carbocycles. The molecule has 150 valence electrons. The zero-order valence-corrected chi connectivity index (χ0v) is 16.8. The molecule has 1 heterocycles. The van der Waals surface area contributed by atoms with Crippen LogP contribution in [0.4, 0.5) is 10.1 Å². The number of amides is 1. The number of nitrogens with zero attached hydrogens (tertiary/aromatic N) is 1. The highest BCUT2D eigenvalue weighted by atomic mass is 32.2. The quantitative estimate of drug-likeness (QED) is 0.788. The van der Waals surface area contributed by atoms with Crippen molar-refractivity contribution in [1.82, 2.24) is 4.72 Å². The third-order valence-electron chi connectivity index (χ3n) is 4.35. The first-order valence-corrected chi connectivity index (χ1v) is 11.4. The van der Waals surface area contributed by atoms with Crippen molar-refractivity contribution in [2.75, 3.05) is 10.1 Å². The molecule has 0 aromatic heterocycles. The van der Waals surface area contributed by atoms with E-state index in [0.29, 0.717) is 5.56 Å². The van der Waals surface area contributed by atoms with E-state index >= 15 is 0 Å². The molecule has 2 aromatic rings. The Kier molecular flexibility index (Phi) is 5.07. The van der Waals surface area contributed by atoms with Gasteiger partial charge >= 0.3 is 0 Å². The fraction of sp³-hybridized carbons (Fsp3) is 0.278. The summed E-state index contributed by atoms with van der Waals surface area (Å²) in [4.78, 5) is 12.3. The molecule has 0 atom stereocenters. The average Bonchev–Trinajstić information content (AvgIpc) is 2.77. The second-order valence-corrected chi connectivity index (χ2v) is 10.7. The molecule has 0 unspecified atom stereocenters. The molecule has 3 rings (SSSR count). The number of hydrogen-bond donors (Lipinski definition) is 1. The Labute approximate surface area is 163 Å². The average molecular weight is 426 g/mol. The van der Waals surface area contributed by atoms with Gasteiger partial charge in [0.1, 0.15) is 5.82 Å². The summed E-state index contributed by atoms with van der Waals surface area (Å²) in [7, 11) is -7.68. The number of carbonyl (C=O) groups excluding carboxylic acids is 1. The lowest BCUT2D eigenvalue weighted by Crippen LogP contribution is -2.33. The summed E-state index contributed by atoms with van der Waals surface area (Å²) in [5.41, 5.74) is -0.369. The van der Waals surface area contributed by atoms with E-state index in [-0.39, 0.29) is 22.9 Å². The second-order valence-electron chi connectivity index (χ2n) is 7.15. The van der Waals surface area contributed by atoms with Crippen LogP contribution in [0.25, 0.3) is 0 Å². The van der Waals surface area contributed by atoms with Crippen molar-refractivity contribution < 1.29 is 26.0 Å². The number of hydrogen-bond acceptors (Lipinski definition) is 5. The van der Waals surface area contributed by atoms with Gasteiger partial charge in [-0.1, -0.05) is 12.1 Å². The van der Waals surface area contributed by atoms with Crippen LogP contribution in [0.5, 0.6) is 0 Å². The first-order chi connectivity index (χ1) is 12.9. The second kappa shape index (κ2) is 6.94. The Morgan fingerprint density at radius 2 is 1.64 bits per heavy atom. The normalized spacial score (nSPS) is 18.4. The molecule has 10 heteroatoms. The van der Waals surface area contributed by atoms with Crippen LogP contribution < -0.4 is 9.03 Å². The molecule has 0 aliphatic carbocycles. The fourth-order valence-electron chi connectivity index (χ4n) is 2.89.